The first-order chi connectivity index (χ1) is 36.0. The molecular formula is C50H76I2O9S15Sm. The average molecular weight is 1710 g/mol. The fraction of sp³-hybridized carbons (Fsp3) is 0.800. The molecule has 12 atom stereocenters. The van der Waals surface area contributed by atoms with E-state index < -0.39 is 38.6 Å². The quantitative estimate of drug-likeness (QED) is 0.150. The van der Waals surface area contributed by atoms with Gasteiger partial charge in [0.05, 0.1) is 43.4 Å². The number of hydrogen-bond donors (Lipinski definition) is 0. The van der Waals surface area contributed by atoms with Gasteiger partial charge in [0.25, 0.3) is 0 Å². The monoisotopic (exact) mass is 1710 g/mol. The van der Waals surface area contributed by atoms with Gasteiger partial charge in [0, 0.05) is 204 Å². The van der Waals surface area contributed by atoms with Crippen LogP contribution in [0.15, 0.2) is 37.5 Å². The van der Waals surface area contributed by atoms with Gasteiger partial charge in [0.1, 0.15) is 17.3 Å². The van der Waals surface area contributed by atoms with Crippen molar-refractivity contribution in [3.05, 3.63) is 37.5 Å². The molecule has 440 valence electrons. The van der Waals surface area contributed by atoms with Crippen molar-refractivity contribution in [1.82, 2.24) is 0 Å². The summed E-state index contributed by atoms with van der Waals surface area (Å²) in [4.78, 5) is 54.3. The fourth-order valence-corrected chi connectivity index (χ4v) is 44.5. The summed E-state index contributed by atoms with van der Waals surface area (Å²) in [5.41, 5.74) is -2.75. The van der Waals surface area contributed by atoms with Crippen LogP contribution in [0.25, 0.3) is 0 Å². The molecule has 9 rings (SSSR count). The molecule has 77 heavy (non-hydrogen) atoms. The van der Waals surface area contributed by atoms with E-state index in [-0.39, 0.29) is 104 Å². The van der Waals surface area contributed by atoms with E-state index in [1.54, 1.807) is 110 Å². The topological polar surface area (TPSA) is 114 Å². The molecule has 3 aliphatic heterocycles. The van der Waals surface area contributed by atoms with Crippen LogP contribution in [0.1, 0.15) is 140 Å². The van der Waals surface area contributed by atoms with Gasteiger partial charge in [-0.25, -0.2) is 0 Å². The third-order valence-electron chi connectivity index (χ3n) is 18.6. The van der Waals surface area contributed by atoms with Crippen LogP contribution in [-0.4, -0.2) is 73.8 Å². The van der Waals surface area contributed by atoms with Crippen molar-refractivity contribution in [3.63, 3.8) is 0 Å². The van der Waals surface area contributed by atoms with Crippen molar-refractivity contribution in [2.45, 2.75) is 158 Å². The second-order valence-electron chi connectivity index (χ2n) is 21.8. The van der Waals surface area contributed by atoms with Crippen LogP contribution in [-0.2, 0) is 181 Å². The van der Waals surface area contributed by atoms with Gasteiger partial charge in [-0.3, -0.25) is 19.2 Å². The molecule has 9 aliphatic rings. The van der Waals surface area contributed by atoms with Gasteiger partial charge in [-0.15, -0.1) is 13.2 Å². The Labute approximate surface area is 539 Å². The zero-order valence-corrected chi connectivity index (χ0v) is 63.4. The van der Waals surface area contributed by atoms with Gasteiger partial charge < -0.3 is 23.7 Å². The first-order valence-electron chi connectivity index (χ1n) is 25.2. The van der Waals surface area contributed by atoms with Crippen LogP contribution in [0.4, 0.5) is 0 Å². The van der Waals surface area contributed by atoms with Crippen LogP contribution in [0.3, 0.4) is 0 Å². The zero-order valence-electron chi connectivity index (χ0n) is 44.2. The number of ketones is 4. The van der Waals surface area contributed by atoms with Crippen LogP contribution in [0.2, 0.25) is 0 Å². The Bertz CT molecular complexity index is 2790. The van der Waals surface area contributed by atoms with Crippen molar-refractivity contribution in [1.29, 1.82) is 0 Å². The van der Waals surface area contributed by atoms with Gasteiger partial charge in [0.15, 0.2) is 17.4 Å². The summed E-state index contributed by atoms with van der Waals surface area (Å²) < 4.78 is 29.9. The molecule has 3 saturated heterocycles. The summed E-state index contributed by atoms with van der Waals surface area (Å²) in [6, 6.07) is 0. The summed E-state index contributed by atoms with van der Waals surface area (Å²) in [7, 11) is 21.7. The van der Waals surface area contributed by atoms with E-state index in [9.17, 15) is 19.2 Å². The summed E-state index contributed by atoms with van der Waals surface area (Å²) in [6.45, 7) is 31.9. The summed E-state index contributed by atoms with van der Waals surface area (Å²) in [6.07, 6.45) is 13.8. The van der Waals surface area contributed by atoms with Crippen molar-refractivity contribution >= 4 is 190 Å². The number of carbonyl (C=O) groups excluding carboxylic acids is 4. The molecule has 4 bridgehead atoms. The predicted molar refractivity (Wildman–Crippen MR) is 367 cm³/mol. The Morgan fingerprint density at radius 1 is 0.584 bits per heavy atom. The minimum atomic E-state index is -0.877. The maximum absolute atomic E-state index is 13.7. The molecule has 27 heteroatoms. The van der Waals surface area contributed by atoms with Crippen LogP contribution in [0.5, 0.6) is 0 Å². The molecule has 9 fully saturated rings. The van der Waals surface area contributed by atoms with E-state index in [1.165, 1.54) is 30.6 Å². The van der Waals surface area contributed by atoms with Crippen molar-refractivity contribution in [2.75, 3.05) is 33.0 Å². The first-order valence-corrected chi connectivity index (χ1v) is 58.9. The van der Waals surface area contributed by atoms with Crippen molar-refractivity contribution < 1.29 is 68.3 Å². The Kier molecular flexibility index (Phi) is 31.3. The molecule has 0 aromatic heterocycles. The number of halogens is 2. The zero-order chi connectivity index (χ0) is 56.2. The Morgan fingerprint density at radius 2 is 1.00 bits per heavy atom. The number of ether oxygens (including phenoxy) is 5. The van der Waals surface area contributed by atoms with E-state index in [4.69, 9.17) is 46.1 Å². The second-order valence-corrected chi connectivity index (χ2v) is 64.2. The molecular weight excluding hydrogens is 1630 g/mol. The number of carbonyl (C=O) groups is 4. The molecule has 0 radical (unpaired) electrons. The SMILES string of the molecule is C.C=C[C@@]1(C)CC(=O)[C@@]2(C)C3C4(CC[C@@]3(CC[C@H]2C)C(=C)C1=O)OCCO4.C=C[C@@]1(C)CC(=O)[C@@]2(C)C3C4(CC[C@@]3(CC[C@H]2C)[C@@H](C)C1=O)OCCO4.CC1CCCO1.S=S=S=S=S=S=S=S=S=S=S=S=S=S=S.[I][Sm][I]. The first kappa shape index (κ1) is 73.3. The number of rotatable bonds is 2. The molecule has 3 heterocycles. The van der Waals surface area contributed by atoms with Gasteiger partial charge in [0.2, 0.25) is 0 Å². The van der Waals surface area contributed by atoms with E-state index >= 15 is 0 Å². The van der Waals surface area contributed by atoms with E-state index in [1.807, 2.05) is 13.8 Å². The third kappa shape index (κ3) is 15.8. The summed E-state index contributed by atoms with van der Waals surface area (Å²) >= 11 is 14.5. The Hall–Kier alpha value is 3.80. The Morgan fingerprint density at radius 3 is 1.42 bits per heavy atom. The molecule has 0 aromatic carbocycles. The van der Waals surface area contributed by atoms with E-state index in [0.717, 1.165) is 58.0 Å². The Balaban J connectivity index is 0.000000236. The molecule has 3 unspecified atom stereocenters. The molecule has 9 nitrogen and oxygen atoms in total. The fourth-order valence-electron chi connectivity index (χ4n) is 14.3. The number of allylic oxidation sites excluding steroid dienone is 3. The second kappa shape index (κ2) is 32.9. The van der Waals surface area contributed by atoms with Crippen LogP contribution >= 0.6 is 28.6 Å². The predicted octanol–water partition coefficient (Wildman–Crippen LogP) is 11.3. The van der Waals surface area contributed by atoms with E-state index in [2.05, 4.69) is 89.9 Å². The molecule has 0 aromatic rings. The normalized spacial score (nSPS) is 37.4. The van der Waals surface area contributed by atoms with Crippen LogP contribution < -0.4 is 0 Å². The number of hydrogen-bond acceptors (Lipinski definition) is 11. The summed E-state index contributed by atoms with van der Waals surface area (Å²) in [5.74, 6) is -0.819. The molecule has 6 aliphatic carbocycles. The van der Waals surface area contributed by atoms with Gasteiger partial charge in [-0.2, -0.15) is 0 Å². The van der Waals surface area contributed by atoms with Gasteiger partial charge >= 0.3 is 54.0 Å². The number of Topliss-reactive ketones (excluding diaryl/α,β-unsaturated/α-hetero) is 4. The third-order valence-corrected chi connectivity index (χ3v) is 45.3. The van der Waals surface area contributed by atoms with E-state index in [0.29, 0.717) is 38.1 Å². The maximum atomic E-state index is 13.7. The van der Waals surface area contributed by atoms with Crippen molar-refractivity contribution in [3.8, 4) is 0 Å². The molecule has 0 amide bonds. The summed E-state index contributed by atoms with van der Waals surface area (Å²) in [5, 5.41) is 0. The minimum absolute atomic E-state index is 0. The van der Waals surface area contributed by atoms with Gasteiger partial charge in [-0.1, -0.05) is 60.8 Å². The van der Waals surface area contributed by atoms with Gasteiger partial charge in [-0.05, 0) is 95.0 Å². The van der Waals surface area contributed by atoms with Crippen LogP contribution in [0, 0.1) is 87.5 Å². The molecule has 2 spiro atoms. The average Bonchev–Trinajstić information content (AvgIpc) is 4.29. The molecule has 0 N–H and O–H groups in total. The molecule has 6 saturated carbocycles. The standard InChI is InChI=1S/C22H32O4.C22H30O4.C5H10O.CH4.2HI.S15.Sm/c2*1-6-19(4)13-16(23)20(5)14(2)7-8-21(15(3)17(19)24)9-10-22(18(20)21)25-11-12-26-22;1-5-3-2-4-6-5;;;;1-3-5-7-9-11-13-15-14-12-10-8-6-4-2;/h6,14-15,18H,1,7-13H2,2-5H3;6,14,18H,1,3,7-13H2,2,4-5H3;5H,2-4H2,1H3;1H4;2*1H;;/q;;;;;;;+2/p-2/t14-,15+,18?,19+,20+,21+;14-,18?,19+,20+,21+;;;;;;/m11....../s1. The van der Waals surface area contributed by atoms with Crippen molar-refractivity contribution in [2.24, 2.45) is 62.1 Å².